The van der Waals surface area contributed by atoms with E-state index in [1.54, 1.807) is 0 Å². The molecular formula is C20H24N2O6. The summed E-state index contributed by atoms with van der Waals surface area (Å²) in [5.74, 6) is -0.215. The van der Waals surface area contributed by atoms with Crippen LogP contribution in [-0.2, 0) is 16.1 Å². The fraction of sp³-hybridized carbons (Fsp3) is 0.600. The quantitative estimate of drug-likeness (QED) is 0.437. The van der Waals surface area contributed by atoms with Crippen molar-refractivity contribution in [2.75, 3.05) is 0 Å². The van der Waals surface area contributed by atoms with Gasteiger partial charge in [0.05, 0.1) is 22.5 Å². The minimum Gasteiger partial charge on any atom is -0.461 e. The lowest BCUT2D eigenvalue weighted by atomic mass is 9.47. The topological polar surface area (TPSA) is 133 Å². The molecule has 0 radical (unpaired) electrons. The number of carbonyl (C=O) groups is 2. The molecule has 0 aromatic heterocycles. The highest BCUT2D eigenvalue weighted by molar-refractivity contribution is 5.93. The molecule has 0 heterocycles. The molecule has 3 N–H and O–H groups in total. The lowest BCUT2D eigenvalue weighted by Crippen LogP contribution is -2.56. The first kappa shape index (κ1) is 18.9. The second-order valence-corrected chi connectivity index (χ2v) is 8.99. The Balaban J connectivity index is 1.43. The van der Waals surface area contributed by atoms with Gasteiger partial charge in [0.2, 0.25) is 5.91 Å². The van der Waals surface area contributed by atoms with Crippen LogP contribution in [0.5, 0.6) is 0 Å². The monoisotopic (exact) mass is 388 g/mol. The van der Waals surface area contributed by atoms with Crippen molar-refractivity contribution in [2.24, 2.45) is 23.0 Å². The van der Waals surface area contributed by atoms with Crippen LogP contribution in [0.3, 0.4) is 0 Å². The van der Waals surface area contributed by atoms with Crippen LogP contribution in [0.4, 0.5) is 5.69 Å². The molecular weight excluding hydrogens is 364 g/mol. The predicted octanol–water partition coefficient (Wildman–Crippen LogP) is 2.46. The SMILES string of the molecule is NC(=O)c1ccc(COC(=O)CC23CC4CC(CC(O)(C4)C2)C3)c([N+](=O)[O-])c1. The highest BCUT2D eigenvalue weighted by Crippen LogP contribution is 2.62. The zero-order valence-electron chi connectivity index (χ0n) is 15.6. The number of nitro benzene ring substituents is 1. The normalized spacial score (nSPS) is 32.9. The molecule has 150 valence electrons. The molecule has 1 aromatic rings. The summed E-state index contributed by atoms with van der Waals surface area (Å²) in [6.07, 6.45) is 5.54. The fourth-order valence-corrected chi connectivity index (χ4v) is 6.13. The average molecular weight is 388 g/mol. The van der Waals surface area contributed by atoms with Crippen molar-refractivity contribution in [1.82, 2.24) is 0 Å². The minimum absolute atomic E-state index is 0.0311. The third kappa shape index (κ3) is 3.48. The molecule has 5 rings (SSSR count). The van der Waals surface area contributed by atoms with E-state index in [1.165, 1.54) is 12.1 Å². The smallest absolute Gasteiger partial charge is 0.306 e. The van der Waals surface area contributed by atoms with E-state index in [2.05, 4.69) is 0 Å². The van der Waals surface area contributed by atoms with E-state index < -0.39 is 22.4 Å². The van der Waals surface area contributed by atoms with Crippen LogP contribution < -0.4 is 5.73 Å². The summed E-state index contributed by atoms with van der Waals surface area (Å²) in [7, 11) is 0. The van der Waals surface area contributed by atoms with Crippen molar-refractivity contribution >= 4 is 17.6 Å². The Hall–Kier alpha value is -2.48. The summed E-state index contributed by atoms with van der Waals surface area (Å²) in [5.41, 5.74) is 4.26. The summed E-state index contributed by atoms with van der Waals surface area (Å²) < 4.78 is 5.35. The van der Waals surface area contributed by atoms with Crippen LogP contribution in [0.15, 0.2) is 18.2 Å². The van der Waals surface area contributed by atoms with Crippen molar-refractivity contribution < 1.29 is 24.4 Å². The third-order valence-corrected chi connectivity index (χ3v) is 6.63. The first-order chi connectivity index (χ1) is 13.2. The molecule has 0 aliphatic heterocycles. The van der Waals surface area contributed by atoms with Crippen molar-refractivity contribution in [2.45, 2.75) is 57.2 Å². The van der Waals surface area contributed by atoms with Gasteiger partial charge >= 0.3 is 5.97 Å². The van der Waals surface area contributed by atoms with E-state index in [0.29, 0.717) is 18.3 Å². The van der Waals surface area contributed by atoms with Crippen molar-refractivity contribution in [3.63, 3.8) is 0 Å². The number of aliphatic hydroxyl groups is 1. The molecule has 0 spiro atoms. The highest BCUT2D eigenvalue weighted by atomic mass is 16.6. The fourth-order valence-electron chi connectivity index (χ4n) is 6.13. The van der Waals surface area contributed by atoms with E-state index in [-0.39, 0.29) is 35.3 Å². The first-order valence-corrected chi connectivity index (χ1v) is 9.62. The number of hydrogen-bond donors (Lipinski definition) is 2. The van der Waals surface area contributed by atoms with Crippen LogP contribution in [0.25, 0.3) is 0 Å². The summed E-state index contributed by atoms with van der Waals surface area (Å²) in [6.45, 7) is -0.235. The van der Waals surface area contributed by atoms with Gasteiger partial charge in [-0.15, -0.1) is 0 Å². The molecule has 4 bridgehead atoms. The summed E-state index contributed by atoms with van der Waals surface area (Å²) in [6, 6.07) is 3.87. The number of nitrogens with zero attached hydrogens (tertiary/aromatic N) is 1. The van der Waals surface area contributed by atoms with Gasteiger partial charge in [-0.3, -0.25) is 19.7 Å². The molecule has 28 heavy (non-hydrogen) atoms. The Morgan fingerprint density at radius 3 is 2.50 bits per heavy atom. The zero-order valence-corrected chi connectivity index (χ0v) is 15.6. The number of ether oxygens (including phenoxy) is 1. The maximum Gasteiger partial charge on any atom is 0.306 e. The molecule has 4 saturated carbocycles. The number of benzene rings is 1. The molecule has 1 amide bonds. The Morgan fingerprint density at radius 2 is 1.93 bits per heavy atom. The van der Waals surface area contributed by atoms with Crippen molar-refractivity contribution in [3.05, 3.63) is 39.4 Å². The van der Waals surface area contributed by atoms with Crippen LogP contribution in [-0.4, -0.2) is 27.5 Å². The number of amides is 1. The van der Waals surface area contributed by atoms with E-state index in [9.17, 15) is 24.8 Å². The maximum atomic E-state index is 12.5. The van der Waals surface area contributed by atoms with Crippen molar-refractivity contribution in [1.29, 1.82) is 0 Å². The van der Waals surface area contributed by atoms with Gasteiger partial charge in [0, 0.05) is 11.6 Å². The molecule has 1 aromatic carbocycles. The standard InChI is InChI=1S/C20H24N2O6/c21-18(24)14-1-2-15(16(4-14)22(26)27)10-28-17(23)9-19-5-12-3-13(6-19)8-20(25,7-12)11-19/h1-2,4,12-13,25H,3,5-11H2,(H2,21,24). The molecule has 4 aliphatic rings. The van der Waals surface area contributed by atoms with E-state index >= 15 is 0 Å². The maximum absolute atomic E-state index is 12.5. The van der Waals surface area contributed by atoms with Gasteiger partial charge in [-0.05, 0) is 67.9 Å². The number of primary amides is 1. The van der Waals surface area contributed by atoms with Crippen LogP contribution in [0, 0.1) is 27.4 Å². The lowest BCUT2D eigenvalue weighted by Gasteiger charge is -2.60. The predicted molar refractivity (Wildman–Crippen MR) is 98.1 cm³/mol. The number of esters is 1. The molecule has 4 fully saturated rings. The summed E-state index contributed by atoms with van der Waals surface area (Å²) >= 11 is 0. The van der Waals surface area contributed by atoms with Crippen LogP contribution in [0.2, 0.25) is 0 Å². The van der Waals surface area contributed by atoms with E-state index in [0.717, 1.165) is 38.2 Å². The van der Waals surface area contributed by atoms with Crippen LogP contribution in [0.1, 0.15) is 60.9 Å². The Morgan fingerprint density at radius 1 is 1.25 bits per heavy atom. The van der Waals surface area contributed by atoms with Gasteiger partial charge in [-0.25, -0.2) is 0 Å². The van der Waals surface area contributed by atoms with Crippen LogP contribution >= 0.6 is 0 Å². The Bertz CT molecular complexity index is 837. The minimum atomic E-state index is -0.758. The molecule has 2 atom stereocenters. The number of nitro groups is 1. The summed E-state index contributed by atoms with van der Waals surface area (Å²) in [4.78, 5) is 34.4. The Kier molecular flexibility index (Phi) is 4.41. The van der Waals surface area contributed by atoms with Gasteiger partial charge in [0.25, 0.3) is 5.69 Å². The molecule has 2 unspecified atom stereocenters. The van der Waals surface area contributed by atoms with Gasteiger partial charge in [-0.2, -0.15) is 0 Å². The molecule has 0 saturated heterocycles. The lowest BCUT2D eigenvalue weighted by molar-refractivity contribution is -0.385. The van der Waals surface area contributed by atoms with Gasteiger partial charge in [0.15, 0.2) is 0 Å². The van der Waals surface area contributed by atoms with Crippen molar-refractivity contribution in [3.8, 4) is 0 Å². The highest BCUT2D eigenvalue weighted by Gasteiger charge is 2.57. The van der Waals surface area contributed by atoms with Gasteiger partial charge < -0.3 is 15.6 Å². The van der Waals surface area contributed by atoms with E-state index in [1.807, 2.05) is 0 Å². The number of rotatable bonds is 6. The molecule has 8 heteroatoms. The zero-order chi connectivity index (χ0) is 20.1. The number of hydrogen-bond acceptors (Lipinski definition) is 6. The van der Waals surface area contributed by atoms with Gasteiger partial charge in [-0.1, -0.05) is 0 Å². The summed E-state index contributed by atoms with van der Waals surface area (Å²) in [5, 5.41) is 22.1. The average Bonchev–Trinajstić information content (AvgIpc) is 2.57. The number of nitrogens with two attached hydrogens (primary N) is 1. The molecule has 4 aliphatic carbocycles. The number of carbonyl (C=O) groups excluding carboxylic acids is 2. The second kappa shape index (κ2) is 6.55. The second-order valence-electron chi connectivity index (χ2n) is 8.99. The third-order valence-electron chi connectivity index (χ3n) is 6.63. The van der Waals surface area contributed by atoms with Gasteiger partial charge in [0.1, 0.15) is 6.61 Å². The largest absolute Gasteiger partial charge is 0.461 e. The van der Waals surface area contributed by atoms with E-state index in [4.69, 9.17) is 10.5 Å². The Labute approximate surface area is 162 Å². The molecule has 8 nitrogen and oxygen atoms in total. The first-order valence-electron chi connectivity index (χ1n) is 9.62.